The summed E-state index contributed by atoms with van der Waals surface area (Å²) in [5.74, 6) is -0.115. The van der Waals surface area contributed by atoms with E-state index in [1.165, 1.54) is 22.8 Å². The molecule has 2 aromatic carbocycles. The summed E-state index contributed by atoms with van der Waals surface area (Å²) in [5.41, 5.74) is 4.68. The summed E-state index contributed by atoms with van der Waals surface area (Å²) >= 11 is 0. The van der Waals surface area contributed by atoms with Crippen molar-refractivity contribution in [2.45, 2.75) is 26.8 Å². The van der Waals surface area contributed by atoms with Gasteiger partial charge in [0.15, 0.2) is 0 Å². The number of hydrogen-bond donors (Lipinski definition) is 1. The molecule has 0 aromatic heterocycles. The third-order valence-electron chi connectivity index (χ3n) is 3.43. The largest absolute Gasteiger partial charge is 0.312 e. The Morgan fingerprint density at radius 1 is 1.00 bits per heavy atom. The fourth-order valence-corrected chi connectivity index (χ4v) is 2.07. The van der Waals surface area contributed by atoms with Crippen LogP contribution in [0.4, 0.5) is 4.39 Å². The summed E-state index contributed by atoms with van der Waals surface area (Å²) in [4.78, 5) is 0. The molecule has 2 rings (SSSR count). The molecule has 0 amide bonds. The van der Waals surface area contributed by atoms with Crippen LogP contribution in [0, 0.1) is 19.7 Å². The molecule has 2 aromatic rings. The van der Waals surface area contributed by atoms with Gasteiger partial charge in [0.2, 0.25) is 0 Å². The molecule has 2 heteroatoms. The molecule has 0 atom stereocenters. The zero-order valence-corrected chi connectivity index (χ0v) is 11.5. The van der Waals surface area contributed by atoms with Crippen LogP contribution < -0.4 is 5.32 Å². The molecule has 1 nitrogen and oxygen atoms in total. The number of hydrogen-bond acceptors (Lipinski definition) is 1. The van der Waals surface area contributed by atoms with Gasteiger partial charge in [-0.25, -0.2) is 4.39 Å². The molecule has 0 aliphatic heterocycles. The highest BCUT2D eigenvalue weighted by molar-refractivity contribution is 5.29. The molecule has 0 fully saturated rings. The van der Waals surface area contributed by atoms with Gasteiger partial charge in [-0.2, -0.15) is 0 Å². The molecule has 0 aliphatic rings. The first-order chi connectivity index (χ1) is 9.16. The van der Waals surface area contributed by atoms with Gasteiger partial charge >= 0.3 is 0 Å². The highest BCUT2D eigenvalue weighted by Gasteiger charge is 2.00. The lowest BCUT2D eigenvalue weighted by molar-refractivity contribution is 0.598. The normalized spacial score (nSPS) is 10.7. The van der Waals surface area contributed by atoms with Crippen molar-refractivity contribution >= 4 is 0 Å². The van der Waals surface area contributed by atoms with Crippen molar-refractivity contribution in [1.82, 2.24) is 5.32 Å². The molecule has 0 radical (unpaired) electrons. The fraction of sp³-hybridized carbons (Fsp3) is 0.294. The van der Waals surface area contributed by atoms with Crippen molar-refractivity contribution < 1.29 is 4.39 Å². The lowest BCUT2D eigenvalue weighted by atomic mass is 10.1. The molecular weight excluding hydrogens is 237 g/mol. The van der Waals surface area contributed by atoms with E-state index in [4.69, 9.17) is 0 Å². The van der Waals surface area contributed by atoms with Gasteiger partial charge < -0.3 is 5.32 Å². The summed E-state index contributed by atoms with van der Waals surface area (Å²) in [6.45, 7) is 5.85. The lowest BCUT2D eigenvalue weighted by Crippen LogP contribution is -2.17. The third-order valence-corrected chi connectivity index (χ3v) is 3.43. The molecule has 1 N–H and O–H groups in total. The van der Waals surface area contributed by atoms with Gasteiger partial charge in [0, 0.05) is 6.54 Å². The Kier molecular flexibility index (Phi) is 4.69. The number of aryl methyl sites for hydroxylation is 2. The maximum absolute atomic E-state index is 13.4. The Balaban J connectivity index is 1.81. The molecule has 0 saturated carbocycles. The van der Waals surface area contributed by atoms with E-state index in [-0.39, 0.29) is 5.82 Å². The Bertz CT molecular complexity index is 549. The lowest BCUT2D eigenvalue weighted by Gasteiger charge is -2.08. The molecule has 0 spiro atoms. The third kappa shape index (κ3) is 3.90. The minimum Gasteiger partial charge on any atom is -0.312 e. The fourth-order valence-electron chi connectivity index (χ4n) is 2.07. The predicted octanol–water partition coefficient (Wildman–Crippen LogP) is 3.77. The van der Waals surface area contributed by atoms with Crippen LogP contribution in [-0.4, -0.2) is 6.54 Å². The quantitative estimate of drug-likeness (QED) is 0.804. The maximum Gasteiger partial charge on any atom is 0.126 e. The Labute approximate surface area is 114 Å². The highest BCUT2D eigenvalue weighted by Crippen LogP contribution is 2.10. The smallest absolute Gasteiger partial charge is 0.126 e. The van der Waals surface area contributed by atoms with Crippen molar-refractivity contribution in [3.8, 4) is 0 Å². The van der Waals surface area contributed by atoms with Gasteiger partial charge in [0.1, 0.15) is 5.82 Å². The van der Waals surface area contributed by atoms with E-state index in [0.717, 1.165) is 25.1 Å². The van der Waals surface area contributed by atoms with E-state index in [9.17, 15) is 4.39 Å². The van der Waals surface area contributed by atoms with E-state index >= 15 is 0 Å². The van der Waals surface area contributed by atoms with Crippen LogP contribution in [-0.2, 0) is 13.0 Å². The summed E-state index contributed by atoms with van der Waals surface area (Å²) in [6, 6.07) is 13.4. The SMILES string of the molecule is Cc1ccc(CNCCc2ccccc2F)cc1C. The molecule has 0 aliphatic carbocycles. The van der Waals surface area contributed by atoms with Crippen molar-refractivity contribution in [1.29, 1.82) is 0 Å². The zero-order valence-electron chi connectivity index (χ0n) is 11.5. The first-order valence-electron chi connectivity index (χ1n) is 6.67. The number of benzene rings is 2. The van der Waals surface area contributed by atoms with Gasteiger partial charge in [-0.05, 0) is 55.1 Å². The van der Waals surface area contributed by atoms with Gasteiger partial charge in [-0.3, -0.25) is 0 Å². The maximum atomic E-state index is 13.4. The molecule has 0 heterocycles. The van der Waals surface area contributed by atoms with Crippen LogP contribution in [0.1, 0.15) is 22.3 Å². The second kappa shape index (κ2) is 6.48. The van der Waals surface area contributed by atoms with E-state index in [1.54, 1.807) is 6.07 Å². The average Bonchev–Trinajstić information content (AvgIpc) is 2.40. The summed E-state index contributed by atoms with van der Waals surface area (Å²) in [7, 11) is 0. The van der Waals surface area contributed by atoms with Crippen LogP contribution in [0.3, 0.4) is 0 Å². The Hall–Kier alpha value is -1.67. The molecule has 19 heavy (non-hydrogen) atoms. The second-order valence-corrected chi connectivity index (χ2v) is 4.94. The summed E-state index contributed by atoms with van der Waals surface area (Å²) < 4.78 is 13.4. The predicted molar refractivity (Wildman–Crippen MR) is 77.7 cm³/mol. The van der Waals surface area contributed by atoms with Gasteiger partial charge in [0.05, 0.1) is 0 Å². The highest BCUT2D eigenvalue weighted by atomic mass is 19.1. The van der Waals surface area contributed by atoms with Crippen molar-refractivity contribution in [2.24, 2.45) is 0 Å². The van der Waals surface area contributed by atoms with Crippen LogP contribution in [0.25, 0.3) is 0 Å². The molecule has 0 unspecified atom stereocenters. The topological polar surface area (TPSA) is 12.0 Å². The van der Waals surface area contributed by atoms with E-state index in [1.807, 2.05) is 12.1 Å². The van der Waals surface area contributed by atoms with Crippen molar-refractivity contribution in [3.63, 3.8) is 0 Å². The second-order valence-electron chi connectivity index (χ2n) is 4.94. The van der Waals surface area contributed by atoms with Gasteiger partial charge in [-0.15, -0.1) is 0 Å². The van der Waals surface area contributed by atoms with Crippen molar-refractivity contribution in [2.75, 3.05) is 6.54 Å². The first kappa shape index (κ1) is 13.8. The van der Waals surface area contributed by atoms with E-state index in [2.05, 4.69) is 37.4 Å². The van der Waals surface area contributed by atoms with Crippen LogP contribution in [0.2, 0.25) is 0 Å². The average molecular weight is 257 g/mol. The minimum absolute atomic E-state index is 0.115. The van der Waals surface area contributed by atoms with Gasteiger partial charge in [0.25, 0.3) is 0 Å². The van der Waals surface area contributed by atoms with E-state index < -0.39 is 0 Å². The Morgan fingerprint density at radius 3 is 2.53 bits per heavy atom. The number of rotatable bonds is 5. The minimum atomic E-state index is -0.115. The molecule has 0 saturated heterocycles. The standard InChI is InChI=1S/C17H20FN/c1-13-7-8-15(11-14(13)2)12-19-10-9-16-5-3-4-6-17(16)18/h3-8,11,19H,9-10,12H2,1-2H3. The Morgan fingerprint density at radius 2 is 1.79 bits per heavy atom. The first-order valence-corrected chi connectivity index (χ1v) is 6.67. The van der Waals surface area contributed by atoms with Gasteiger partial charge in [-0.1, -0.05) is 36.4 Å². The molecule has 0 bridgehead atoms. The zero-order chi connectivity index (χ0) is 13.7. The van der Waals surface area contributed by atoms with Crippen LogP contribution in [0.15, 0.2) is 42.5 Å². The van der Waals surface area contributed by atoms with E-state index in [0.29, 0.717) is 0 Å². The number of nitrogens with one attached hydrogen (secondary N) is 1. The monoisotopic (exact) mass is 257 g/mol. The molecule has 100 valence electrons. The summed E-state index contributed by atoms with van der Waals surface area (Å²) in [5, 5.41) is 3.36. The van der Waals surface area contributed by atoms with Crippen LogP contribution in [0.5, 0.6) is 0 Å². The summed E-state index contributed by atoms with van der Waals surface area (Å²) in [6.07, 6.45) is 0.720. The number of halogens is 1. The van der Waals surface area contributed by atoms with Crippen LogP contribution >= 0.6 is 0 Å². The molecular formula is C17H20FN. The van der Waals surface area contributed by atoms with Crippen molar-refractivity contribution in [3.05, 3.63) is 70.5 Å².